The van der Waals surface area contributed by atoms with Crippen molar-refractivity contribution < 1.29 is 9.21 Å². The number of fused-ring (bicyclic) bond motifs is 1. The fraction of sp³-hybridized carbons (Fsp3) is 0.471. The molecule has 2 aliphatic rings. The Morgan fingerprint density at radius 1 is 1.39 bits per heavy atom. The van der Waals surface area contributed by atoms with Crippen LogP contribution in [0.1, 0.15) is 43.0 Å². The van der Waals surface area contributed by atoms with E-state index in [1.165, 1.54) is 5.56 Å². The standard InChI is InChI=1S/C17H20N4O2/c1-11(21-9-8-12-4-2-3-5-14(12)21)16(22)18-10-15-19-20-17(23-15)13-6-7-13/h2-5,11,13H,6-10H2,1H3,(H,18,22). The summed E-state index contributed by atoms with van der Waals surface area (Å²) in [5.41, 5.74) is 2.46. The highest BCUT2D eigenvalue weighted by Gasteiger charge is 2.30. The Morgan fingerprint density at radius 2 is 2.22 bits per heavy atom. The largest absolute Gasteiger partial charge is 0.423 e. The summed E-state index contributed by atoms with van der Waals surface area (Å²) in [4.78, 5) is 14.6. The van der Waals surface area contributed by atoms with Crippen molar-refractivity contribution >= 4 is 11.6 Å². The van der Waals surface area contributed by atoms with Gasteiger partial charge in [-0.15, -0.1) is 10.2 Å². The van der Waals surface area contributed by atoms with E-state index in [-0.39, 0.29) is 11.9 Å². The highest BCUT2D eigenvalue weighted by atomic mass is 16.4. The van der Waals surface area contributed by atoms with Crippen molar-refractivity contribution in [3.63, 3.8) is 0 Å². The van der Waals surface area contributed by atoms with Crippen molar-refractivity contribution in [2.45, 2.75) is 44.7 Å². The molecule has 1 unspecified atom stereocenters. The molecule has 0 spiro atoms. The number of hydrogen-bond acceptors (Lipinski definition) is 5. The number of carbonyl (C=O) groups excluding carboxylic acids is 1. The van der Waals surface area contributed by atoms with E-state index in [1.807, 2.05) is 19.1 Å². The topological polar surface area (TPSA) is 71.3 Å². The molecule has 1 aliphatic carbocycles. The van der Waals surface area contributed by atoms with Crippen LogP contribution in [0, 0.1) is 0 Å². The minimum Gasteiger partial charge on any atom is -0.423 e. The Bertz CT molecular complexity index is 723. The lowest BCUT2D eigenvalue weighted by Gasteiger charge is -2.26. The molecule has 1 fully saturated rings. The third-order valence-electron chi connectivity index (χ3n) is 4.59. The molecule has 0 saturated heterocycles. The molecule has 1 saturated carbocycles. The summed E-state index contributed by atoms with van der Waals surface area (Å²) in [6.07, 6.45) is 3.24. The summed E-state index contributed by atoms with van der Waals surface area (Å²) < 4.78 is 5.57. The van der Waals surface area contributed by atoms with Crippen LogP contribution < -0.4 is 10.2 Å². The Morgan fingerprint density at radius 3 is 3.04 bits per heavy atom. The number of rotatable bonds is 5. The van der Waals surface area contributed by atoms with Crippen LogP contribution in [0.25, 0.3) is 0 Å². The van der Waals surface area contributed by atoms with E-state index in [4.69, 9.17) is 4.42 Å². The SMILES string of the molecule is CC(C(=O)NCc1nnc(C2CC2)o1)N1CCc2ccccc21. The fourth-order valence-electron chi connectivity index (χ4n) is 3.05. The van der Waals surface area contributed by atoms with Crippen molar-refractivity contribution in [1.82, 2.24) is 15.5 Å². The van der Waals surface area contributed by atoms with Gasteiger partial charge in [0.1, 0.15) is 6.04 Å². The Labute approximate surface area is 134 Å². The van der Waals surface area contributed by atoms with Crippen molar-refractivity contribution in [2.75, 3.05) is 11.4 Å². The molecule has 120 valence electrons. The van der Waals surface area contributed by atoms with Gasteiger partial charge >= 0.3 is 0 Å². The van der Waals surface area contributed by atoms with Gasteiger partial charge in [0, 0.05) is 18.2 Å². The van der Waals surface area contributed by atoms with Crippen LogP contribution in [-0.2, 0) is 17.8 Å². The molecule has 1 atom stereocenters. The van der Waals surface area contributed by atoms with Gasteiger partial charge in [-0.05, 0) is 37.8 Å². The van der Waals surface area contributed by atoms with E-state index in [9.17, 15) is 4.79 Å². The van der Waals surface area contributed by atoms with Gasteiger partial charge in [0.15, 0.2) is 0 Å². The number of hydrogen-bond donors (Lipinski definition) is 1. The molecule has 1 amide bonds. The molecule has 6 heteroatoms. The maximum Gasteiger partial charge on any atom is 0.242 e. The van der Waals surface area contributed by atoms with Crippen LogP contribution in [0.15, 0.2) is 28.7 Å². The van der Waals surface area contributed by atoms with Gasteiger partial charge in [0.2, 0.25) is 17.7 Å². The van der Waals surface area contributed by atoms with Crippen molar-refractivity contribution in [3.05, 3.63) is 41.6 Å². The maximum absolute atomic E-state index is 12.4. The smallest absolute Gasteiger partial charge is 0.242 e. The van der Waals surface area contributed by atoms with E-state index in [1.54, 1.807) is 0 Å². The number of amides is 1. The zero-order chi connectivity index (χ0) is 15.8. The Kier molecular flexibility index (Phi) is 3.52. The number of anilines is 1. The number of benzene rings is 1. The molecule has 2 heterocycles. The van der Waals surface area contributed by atoms with Gasteiger partial charge in [0.25, 0.3) is 0 Å². The van der Waals surface area contributed by atoms with Gasteiger partial charge in [-0.2, -0.15) is 0 Å². The first kappa shape index (κ1) is 14.2. The Balaban J connectivity index is 1.37. The number of carbonyl (C=O) groups is 1. The normalized spacial score (nSPS) is 17.9. The molecule has 1 N–H and O–H groups in total. The van der Waals surface area contributed by atoms with Crippen LogP contribution >= 0.6 is 0 Å². The predicted molar refractivity (Wildman–Crippen MR) is 85.1 cm³/mol. The van der Waals surface area contributed by atoms with Crippen LogP contribution in [0.5, 0.6) is 0 Å². The van der Waals surface area contributed by atoms with Crippen LogP contribution in [0.2, 0.25) is 0 Å². The minimum atomic E-state index is -0.218. The fourth-order valence-corrected chi connectivity index (χ4v) is 3.05. The summed E-state index contributed by atoms with van der Waals surface area (Å²) in [5.74, 6) is 1.60. The van der Waals surface area contributed by atoms with E-state index in [2.05, 4.69) is 32.5 Å². The average molecular weight is 312 g/mol. The molecular weight excluding hydrogens is 292 g/mol. The molecule has 0 radical (unpaired) electrons. The van der Waals surface area contributed by atoms with E-state index in [0.717, 1.165) is 31.5 Å². The van der Waals surface area contributed by atoms with Crippen LogP contribution in [0.4, 0.5) is 5.69 Å². The Hall–Kier alpha value is -2.37. The first-order valence-corrected chi connectivity index (χ1v) is 8.17. The molecule has 0 bridgehead atoms. The second kappa shape index (κ2) is 5.68. The number of para-hydroxylation sites is 1. The number of nitrogens with zero attached hydrogens (tertiary/aromatic N) is 3. The monoisotopic (exact) mass is 312 g/mol. The van der Waals surface area contributed by atoms with E-state index in [0.29, 0.717) is 24.2 Å². The lowest BCUT2D eigenvalue weighted by atomic mass is 10.1. The van der Waals surface area contributed by atoms with Crippen LogP contribution in [-0.4, -0.2) is 28.7 Å². The molecule has 23 heavy (non-hydrogen) atoms. The third kappa shape index (κ3) is 2.81. The first-order valence-electron chi connectivity index (χ1n) is 8.17. The molecule has 1 aromatic heterocycles. The highest BCUT2D eigenvalue weighted by Crippen LogP contribution is 2.39. The summed E-state index contributed by atoms with van der Waals surface area (Å²) in [6, 6.07) is 8.04. The molecule has 2 aromatic rings. The van der Waals surface area contributed by atoms with Crippen LogP contribution in [0.3, 0.4) is 0 Å². The van der Waals surface area contributed by atoms with Crippen molar-refractivity contribution in [2.24, 2.45) is 0 Å². The van der Waals surface area contributed by atoms with Gasteiger partial charge in [-0.1, -0.05) is 18.2 Å². The maximum atomic E-state index is 12.4. The lowest BCUT2D eigenvalue weighted by Crippen LogP contribution is -2.44. The molecule has 1 aliphatic heterocycles. The number of aromatic nitrogens is 2. The lowest BCUT2D eigenvalue weighted by molar-refractivity contribution is -0.122. The summed E-state index contributed by atoms with van der Waals surface area (Å²) >= 11 is 0. The summed E-state index contributed by atoms with van der Waals surface area (Å²) in [6.45, 7) is 3.10. The second-order valence-electron chi connectivity index (χ2n) is 6.27. The van der Waals surface area contributed by atoms with E-state index < -0.39 is 0 Å². The van der Waals surface area contributed by atoms with Gasteiger partial charge in [-0.25, -0.2) is 0 Å². The van der Waals surface area contributed by atoms with Gasteiger partial charge in [0.05, 0.1) is 6.54 Å². The van der Waals surface area contributed by atoms with Crippen molar-refractivity contribution in [3.8, 4) is 0 Å². The minimum absolute atomic E-state index is 0.0205. The predicted octanol–water partition coefficient (Wildman–Crippen LogP) is 2.01. The quantitative estimate of drug-likeness (QED) is 0.914. The zero-order valence-corrected chi connectivity index (χ0v) is 13.2. The second-order valence-corrected chi connectivity index (χ2v) is 6.27. The van der Waals surface area contributed by atoms with E-state index >= 15 is 0 Å². The van der Waals surface area contributed by atoms with Gasteiger partial charge < -0.3 is 14.6 Å². The first-order chi connectivity index (χ1) is 11.2. The summed E-state index contributed by atoms with van der Waals surface area (Å²) in [7, 11) is 0. The zero-order valence-electron chi connectivity index (χ0n) is 13.2. The van der Waals surface area contributed by atoms with Crippen molar-refractivity contribution in [1.29, 1.82) is 0 Å². The highest BCUT2D eigenvalue weighted by molar-refractivity contribution is 5.85. The molecule has 1 aromatic carbocycles. The third-order valence-corrected chi connectivity index (χ3v) is 4.59. The average Bonchev–Trinajstić information content (AvgIpc) is 3.17. The summed E-state index contributed by atoms with van der Waals surface area (Å²) in [5, 5.41) is 10.9. The molecule has 4 rings (SSSR count). The molecule has 6 nitrogen and oxygen atoms in total. The van der Waals surface area contributed by atoms with Gasteiger partial charge in [-0.3, -0.25) is 4.79 Å². The molecular formula is C17H20N4O2. The number of nitrogens with one attached hydrogen (secondary N) is 1.